The first-order valence-electron chi connectivity index (χ1n) is 20.4. The molecule has 0 aliphatic carbocycles. The molecule has 0 saturated heterocycles. The predicted molar refractivity (Wildman–Crippen MR) is 210 cm³/mol. The Kier molecular flexibility index (Phi) is 6.22. The van der Waals surface area contributed by atoms with E-state index in [9.17, 15) is 0 Å². The lowest BCUT2D eigenvalue weighted by molar-refractivity contribution is -0.633. The van der Waals surface area contributed by atoms with E-state index in [2.05, 4.69) is 110 Å². The van der Waals surface area contributed by atoms with Crippen LogP contribution in [-0.4, -0.2) is 4.57 Å². The number of benzene rings is 6. The molecule has 0 N–H and O–H groups in total. The van der Waals surface area contributed by atoms with E-state index >= 15 is 0 Å². The summed E-state index contributed by atoms with van der Waals surface area (Å²) in [6.07, 6.45) is 0. The van der Waals surface area contributed by atoms with Crippen molar-refractivity contribution >= 4 is 33.0 Å². The zero-order chi connectivity index (χ0) is 39.8. The summed E-state index contributed by atoms with van der Waals surface area (Å²) < 4.78 is 61.1. The second-order valence-electron chi connectivity index (χ2n) is 14.1. The van der Waals surface area contributed by atoms with Gasteiger partial charge in [0.25, 0.3) is 5.82 Å². The van der Waals surface area contributed by atoms with E-state index in [1.807, 2.05) is 32.2 Å². The Labute approximate surface area is 303 Å². The maximum atomic E-state index is 8.58. The molecule has 2 aromatic heterocycles. The van der Waals surface area contributed by atoms with Crippen LogP contribution >= 0.6 is 0 Å². The molecule has 0 aliphatic rings. The summed E-state index contributed by atoms with van der Waals surface area (Å²) in [5, 5.41) is 1.04. The molecule has 2 heterocycles. The summed E-state index contributed by atoms with van der Waals surface area (Å²) >= 11 is 0. The molecule has 0 spiro atoms. The Morgan fingerprint density at radius 3 is 1.96 bits per heavy atom. The zero-order valence-electron chi connectivity index (χ0n) is 35.4. The first-order chi connectivity index (χ1) is 26.5. The maximum absolute atomic E-state index is 8.58. The Bertz CT molecular complexity index is 2760. The van der Waals surface area contributed by atoms with Gasteiger partial charge in [-0.3, -0.25) is 0 Å². The Morgan fingerprint density at radius 1 is 0.660 bits per heavy atom. The summed E-state index contributed by atoms with van der Waals surface area (Å²) in [5.41, 5.74) is 12.6. The van der Waals surface area contributed by atoms with E-state index in [0.29, 0.717) is 21.9 Å². The maximum Gasteiger partial charge on any atom is 0.299 e. The van der Waals surface area contributed by atoms with Gasteiger partial charge in [0, 0.05) is 30.1 Å². The molecule has 0 unspecified atom stereocenters. The third-order valence-corrected chi connectivity index (χ3v) is 10.1. The predicted octanol–water partition coefficient (Wildman–Crippen LogP) is 12.5. The third kappa shape index (κ3) is 5.07. The number of aryl methyl sites for hydroxylation is 4. The van der Waals surface area contributed by atoms with Crippen LogP contribution in [0.3, 0.4) is 0 Å². The standard InChI is InChI=1S/C47H45N2O/c1-28(2)38-26-36(35-21-19-34(20-22-35)33-14-10-9-11-15-33)27-39(29(3)4)45(38)49-41-17-13-12-16-40(41)48(8)47(49)44-32(7)25-31(6)43-37-23-18-30(5)24-42(37)50-46(43)44/h9-29H,1-8H3/q+1/i5D3,6D3. The van der Waals surface area contributed by atoms with Gasteiger partial charge in [-0.1, -0.05) is 113 Å². The second-order valence-corrected chi connectivity index (χ2v) is 14.1. The first-order valence-corrected chi connectivity index (χ1v) is 17.4. The molecule has 0 atom stereocenters. The van der Waals surface area contributed by atoms with E-state index in [4.69, 9.17) is 12.6 Å². The minimum absolute atomic E-state index is 0.135. The minimum atomic E-state index is -2.44. The molecule has 3 nitrogen and oxygen atoms in total. The Hall–Kier alpha value is -5.41. The monoisotopic (exact) mass is 659 g/mol. The molecular weight excluding hydrogens is 609 g/mol. The second kappa shape index (κ2) is 12.2. The average Bonchev–Trinajstić information content (AvgIpc) is 3.68. The molecule has 0 radical (unpaired) electrons. The van der Waals surface area contributed by atoms with Crippen LogP contribution in [0.5, 0.6) is 0 Å². The van der Waals surface area contributed by atoms with Gasteiger partial charge in [0.2, 0.25) is 0 Å². The summed E-state index contributed by atoms with van der Waals surface area (Å²) in [7, 11) is 2.04. The van der Waals surface area contributed by atoms with Gasteiger partial charge in [0.1, 0.15) is 16.8 Å². The number of furan rings is 1. The highest BCUT2D eigenvalue weighted by Gasteiger charge is 2.34. The summed E-state index contributed by atoms with van der Waals surface area (Å²) in [6.45, 7) is 6.05. The van der Waals surface area contributed by atoms with Crippen molar-refractivity contribution in [2.24, 2.45) is 7.05 Å². The van der Waals surface area contributed by atoms with Crippen molar-refractivity contribution in [1.29, 1.82) is 0 Å². The van der Waals surface area contributed by atoms with Gasteiger partial charge in [-0.15, -0.1) is 0 Å². The number of aromatic nitrogens is 2. The molecule has 8 aromatic rings. The minimum Gasteiger partial charge on any atom is -0.455 e. The van der Waals surface area contributed by atoms with Crippen LogP contribution in [0.15, 0.2) is 120 Å². The van der Waals surface area contributed by atoms with E-state index in [-0.39, 0.29) is 23.0 Å². The molecule has 8 rings (SSSR count). The van der Waals surface area contributed by atoms with E-state index in [1.54, 1.807) is 18.2 Å². The smallest absolute Gasteiger partial charge is 0.299 e. The van der Waals surface area contributed by atoms with Crippen molar-refractivity contribution in [3.8, 4) is 39.3 Å². The fourth-order valence-corrected chi connectivity index (χ4v) is 7.65. The lowest BCUT2D eigenvalue weighted by Crippen LogP contribution is -2.30. The van der Waals surface area contributed by atoms with Crippen LogP contribution in [0.4, 0.5) is 0 Å². The topological polar surface area (TPSA) is 21.9 Å². The van der Waals surface area contributed by atoms with Crippen LogP contribution in [0.1, 0.15) is 75.6 Å². The lowest BCUT2D eigenvalue weighted by Gasteiger charge is -2.21. The van der Waals surface area contributed by atoms with E-state index in [1.165, 1.54) is 28.3 Å². The lowest BCUT2D eigenvalue weighted by atomic mass is 9.87. The van der Waals surface area contributed by atoms with E-state index in [0.717, 1.165) is 44.8 Å². The normalized spacial score (nSPS) is 14.2. The van der Waals surface area contributed by atoms with Crippen molar-refractivity contribution < 1.29 is 17.2 Å². The number of hydrogen-bond acceptors (Lipinski definition) is 1. The molecule has 0 saturated carbocycles. The molecule has 0 amide bonds. The third-order valence-electron chi connectivity index (χ3n) is 10.1. The van der Waals surface area contributed by atoms with Crippen molar-refractivity contribution in [2.75, 3.05) is 0 Å². The fourth-order valence-electron chi connectivity index (χ4n) is 7.65. The van der Waals surface area contributed by atoms with Crippen LogP contribution in [-0.2, 0) is 7.05 Å². The van der Waals surface area contributed by atoms with Gasteiger partial charge in [-0.25, -0.2) is 4.57 Å². The number of fused-ring (bicyclic) bond motifs is 4. The summed E-state index contributed by atoms with van der Waals surface area (Å²) in [5.74, 6) is 1.13. The highest BCUT2D eigenvalue weighted by molar-refractivity contribution is 6.11. The largest absolute Gasteiger partial charge is 0.455 e. The molecular formula is C47H45N2O+. The van der Waals surface area contributed by atoms with Crippen LogP contribution < -0.4 is 4.57 Å². The molecule has 248 valence electrons. The van der Waals surface area contributed by atoms with Crippen molar-refractivity contribution in [1.82, 2.24) is 4.57 Å². The molecule has 0 aliphatic heterocycles. The van der Waals surface area contributed by atoms with Crippen LogP contribution in [0.25, 0.3) is 72.3 Å². The average molecular weight is 660 g/mol. The zero-order valence-corrected chi connectivity index (χ0v) is 29.4. The number of nitrogens with zero attached hydrogens (tertiary/aromatic N) is 2. The van der Waals surface area contributed by atoms with Gasteiger partial charge >= 0.3 is 0 Å². The number of hydrogen-bond donors (Lipinski definition) is 0. The van der Waals surface area contributed by atoms with Crippen LogP contribution in [0, 0.1) is 20.6 Å². The highest BCUT2D eigenvalue weighted by atomic mass is 16.3. The first kappa shape index (κ1) is 25.5. The van der Waals surface area contributed by atoms with Crippen molar-refractivity contribution in [3.05, 3.63) is 143 Å². The van der Waals surface area contributed by atoms with Crippen molar-refractivity contribution in [3.63, 3.8) is 0 Å². The van der Waals surface area contributed by atoms with Crippen LogP contribution in [0.2, 0.25) is 0 Å². The van der Waals surface area contributed by atoms with Gasteiger partial charge < -0.3 is 4.42 Å². The Balaban J connectivity index is 1.45. The van der Waals surface area contributed by atoms with Gasteiger partial charge in [-0.2, -0.15) is 4.57 Å². The van der Waals surface area contributed by atoms with Gasteiger partial charge in [0.05, 0.1) is 7.05 Å². The number of rotatable bonds is 6. The number of imidazole rings is 1. The van der Waals surface area contributed by atoms with E-state index < -0.39 is 13.7 Å². The fraction of sp³-hybridized carbons (Fsp3) is 0.213. The SMILES string of the molecule is [2H]C([2H])([2H])c1ccc2c(c1)oc1c(-c3n(-c4c(C(C)C)cc(-c5ccc(-c6ccccc6)cc5)cc4C(C)C)c4ccccc4[n+]3C)c(C)cc(C([2H])([2H])[2H])c12. The summed E-state index contributed by atoms with van der Waals surface area (Å²) in [6, 6.07) is 38.7. The molecule has 0 fully saturated rings. The molecule has 0 bridgehead atoms. The Morgan fingerprint density at radius 2 is 1.30 bits per heavy atom. The van der Waals surface area contributed by atoms with Gasteiger partial charge in [-0.05, 0) is 102 Å². The highest BCUT2D eigenvalue weighted by Crippen LogP contribution is 2.44. The molecule has 3 heteroatoms. The quantitative estimate of drug-likeness (QED) is 0.163. The molecule has 6 aromatic carbocycles. The summed E-state index contributed by atoms with van der Waals surface area (Å²) in [4.78, 5) is 0. The van der Waals surface area contributed by atoms with Gasteiger partial charge in [0.15, 0.2) is 16.6 Å². The number of para-hydroxylation sites is 2. The molecule has 50 heavy (non-hydrogen) atoms. The van der Waals surface area contributed by atoms with Crippen molar-refractivity contribution in [2.45, 2.75) is 60.2 Å².